The molecule has 0 bridgehead atoms. The van der Waals surface area contributed by atoms with E-state index >= 15 is 0 Å². The molecule has 10 heteroatoms. The molecule has 0 aliphatic carbocycles. The zero-order chi connectivity index (χ0) is 19.9. The standard InChI is InChI=1S/C18H16N6O4/c25-16(21-18(26)19-10-13-5-2-1-3-6-13)11-23-12-20-17(22-23)14-7-4-8-15(9-14)24(27)28/h1-9,12H,10-11H2,(H2,19,21,25,26). The Hall–Kier alpha value is -4.08. The molecule has 0 unspecified atom stereocenters. The molecule has 28 heavy (non-hydrogen) atoms. The maximum absolute atomic E-state index is 12.0. The fourth-order valence-electron chi connectivity index (χ4n) is 2.40. The van der Waals surface area contributed by atoms with E-state index in [-0.39, 0.29) is 18.1 Å². The molecular weight excluding hydrogens is 364 g/mol. The minimum atomic E-state index is -0.618. The van der Waals surface area contributed by atoms with Crippen LogP contribution in [0.4, 0.5) is 10.5 Å². The predicted molar refractivity (Wildman–Crippen MR) is 98.9 cm³/mol. The van der Waals surface area contributed by atoms with Gasteiger partial charge in [-0.2, -0.15) is 5.10 Å². The van der Waals surface area contributed by atoms with Crippen molar-refractivity contribution in [2.45, 2.75) is 13.1 Å². The highest BCUT2D eigenvalue weighted by Crippen LogP contribution is 2.20. The lowest BCUT2D eigenvalue weighted by molar-refractivity contribution is -0.384. The van der Waals surface area contributed by atoms with Gasteiger partial charge in [-0.05, 0) is 5.56 Å². The summed E-state index contributed by atoms with van der Waals surface area (Å²) in [6.07, 6.45) is 1.32. The Morgan fingerprint density at radius 3 is 2.64 bits per heavy atom. The summed E-state index contributed by atoms with van der Waals surface area (Å²) in [7, 11) is 0. The molecule has 3 amide bonds. The van der Waals surface area contributed by atoms with Gasteiger partial charge in [0.1, 0.15) is 12.9 Å². The van der Waals surface area contributed by atoms with E-state index in [9.17, 15) is 19.7 Å². The largest absolute Gasteiger partial charge is 0.334 e. The lowest BCUT2D eigenvalue weighted by atomic mass is 10.2. The smallest absolute Gasteiger partial charge is 0.321 e. The number of nitrogens with zero attached hydrogens (tertiary/aromatic N) is 4. The molecular formula is C18H16N6O4. The van der Waals surface area contributed by atoms with Crippen molar-refractivity contribution in [2.24, 2.45) is 0 Å². The molecule has 2 N–H and O–H groups in total. The van der Waals surface area contributed by atoms with E-state index in [2.05, 4.69) is 20.7 Å². The number of imide groups is 1. The molecule has 10 nitrogen and oxygen atoms in total. The summed E-state index contributed by atoms with van der Waals surface area (Å²) in [5, 5.41) is 19.8. The molecule has 0 fully saturated rings. The van der Waals surface area contributed by atoms with Crippen LogP contribution in [0.5, 0.6) is 0 Å². The van der Waals surface area contributed by atoms with Crippen molar-refractivity contribution < 1.29 is 14.5 Å². The van der Waals surface area contributed by atoms with Gasteiger partial charge in [0.2, 0.25) is 5.91 Å². The Labute approximate surface area is 159 Å². The third kappa shape index (κ3) is 4.97. The van der Waals surface area contributed by atoms with Crippen molar-refractivity contribution in [1.82, 2.24) is 25.4 Å². The van der Waals surface area contributed by atoms with E-state index in [0.29, 0.717) is 12.1 Å². The number of nitro benzene ring substituents is 1. The Kier molecular flexibility index (Phi) is 5.70. The van der Waals surface area contributed by atoms with Crippen LogP contribution in [-0.4, -0.2) is 31.6 Å². The summed E-state index contributed by atoms with van der Waals surface area (Å²) in [5.41, 5.74) is 1.28. The van der Waals surface area contributed by atoms with Crippen LogP contribution in [0.3, 0.4) is 0 Å². The molecule has 0 saturated heterocycles. The van der Waals surface area contributed by atoms with Crippen molar-refractivity contribution in [1.29, 1.82) is 0 Å². The van der Waals surface area contributed by atoms with E-state index in [1.807, 2.05) is 30.3 Å². The molecule has 0 atom stereocenters. The first-order valence-corrected chi connectivity index (χ1v) is 8.27. The molecule has 142 valence electrons. The molecule has 3 rings (SSSR count). The first-order valence-electron chi connectivity index (χ1n) is 8.27. The van der Waals surface area contributed by atoms with E-state index < -0.39 is 16.9 Å². The highest BCUT2D eigenvalue weighted by Gasteiger charge is 2.13. The van der Waals surface area contributed by atoms with Crippen molar-refractivity contribution in [3.05, 3.63) is 76.6 Å². The Morgan fingerprint density at radius 1 is 1.11 bits per heavy atom. The number of carbonyl (C=O) groups is 2. The third-order valence-corrected chi connectivity index (χ3v) is 3.71. The Morgan fingerprint density at radius 2 is 1.89 bits per heavy atom. The van der Waals surface area contributed by atoms with Gasteiger partial charge in [0.25, 0.3) is 5.69 Å². The summed E-state index contributed by atoms with van der Waals surface area (Å²) in [4.78, 5) is 38.1. The number of rotatable bonds is 6. The lowest BCUT2D eigenvalue weighted by Gasteiger charge is -2.06. The van der Waals surface area contributed by atoms with Crippen molar-refractivity contribution in [3.8, 4) is 11.4 Å². The van der Waals surface area contributed by atoms with Gasteiger partial charge in [-0.3, -0.25) is 20.2 Å². The molecule has 0 saturated carbocycles. The molecule has 0 aliphatic heterocycles. The van der Waals surface area contributed by atoms with Crippen molar-refractivity contribution >= 4 is 17.6 Å². The Bertz CT molecular complexity index is 1000. The lowest BCUT2D eigenvalue weighted by Crippen LogP contribution is -2.40. The zero-order valence-electron chi connectivity index (χ0n) is 14.6. The SMILES string of the molecule is O=C(Cn1cnc(-c2cccc([N+](=O)[O-])c2)n1)NC(=O)NCc1ccccc1. The van der Waals surface area contributed by atoms with Gasteiger partial charge in [0, 0.05) is 24.2 Å². The maximum atomic E-state index is 12.0. The van der Waals surface area contributed by atoms with Gasteiger partial charge in [-0.15, -0.1) is 0 Å². The number of nitrogens with one attached hydrogen (secondary N) is 2. The number of hydrogen-bond donors (Lipinski definition) is 2. The van der Waals surface area contributed by atoms with E-state index in [4.69, 9.17) is 0 Å². The average molecular weight is 380 g/mol. The van der Waals surface area contributed by atoms with Gasteiger partial charge < -0.3 is 5.32 Å². The van der Waals surface area contributed by atoms with Crippen LogP contribution >= 0.6 is 0 Å². The van der Waals surface area contributed by atoms with Gasteiger partial charge in [-0.25, -0.2) is 14.5 Å². The van der Waals surface area contributed by atoms with Crippen LogP contribution < -0.4 is 10.6 Å². The van der Waals surface area contributed by atoms with Gasteiger partial charge in [0.15, 0.2) is 5.82 Å². The normalized spacial score (nSPS) is 10.3. The van der Waals surface area contributed by atoms with E-state index in [0.717, 1.165) is 5.56 Å². The van der Waals surface area contributed by atoms with Gasteiger partial charge in [0.05, 0.1) is 4.92 Å². The number of benzene rings is 2. The predicted octanol–water partition coefficient (Wildman–Crippen LogP) is 1.88. The summed E-state index contributed by atoms with van der Waals surface area (Å²) in [6, 6.07) is 14.5. The first-order chi connectivity index (χ1) is 13.5. The second-order valence-electron chi connectivity index (χ2n) is 5.79. The molecule has 0 aliphatic rings. The average Bonchev–Trinajstić information content (AvgIpc) is 3.15. The summed E-state index contributed by atoms with van der Waals surface area (Å²) in [5.74, 6) is -0.328. The Balaban J connectivity index is 1.54. The number of carbonyl (C=O) groups excluding carboxylic acids is 2. The van der Waals surface area contributed by atoms with Gasteiger partial charge >= 0.3 is 6.03 Å². The summed E-state index contributed by atoms with van der Waals surface area (Å²) < 4.78 is 1.24. The molecule has 1 heterocycles. The minimum absolute atomic E-state index is 0.0818. The monoisotopic (exact) mass is 380 g/mol. The third-order valence-electron chi connectivity index (χ3n) is 3.71. The zero-order valence-corrected chi connectivity index (χ0v) is 14.6. The fourth-order valence-corrected chi connectivity index (χ4v) is 2.40. The topological polar surface area (TPSA) is 132 Å². The molecule has 3 aromatic rings. The number of amides is 3. The second-order valence-corrected chi connectivity index (χ2v) is 5.79. The van der Waals surface area contributed by atoms with Crippen LogP contribution in [0.1, 0.15) is 5.56 Å². The molecule has 0 spiro atoms. The molecule has 0 radical (unpaired) electrons. The van der Waals surface area contributed by atoms with E-state index in [1.165, 1.54) is 29.2 Å². The van der Waals surface area contributed by atoms with Crippen LogP contribution in [0.25, 0.3) is 11.4 Å². The van der Waals surface area contributed by atoms with E-state index in [1.54, 1.807) is 6.07 Å². The first kappa shape index (κ1) is 18.7. The van der Waals surface area contributed by atoms with Crippen LogP contribution in [0.15, 0.2) is 60.9 Å². The van der Waals surface area contributed by atoms with Crippen molar-refractivity contribution in [3.63, 3.8) is 0 Å². The quantitative estimate of drug-likeness (QED) is 0.496. The summed E-state index contributed by atoms with van der Waals surface area (Å²) >= 11 is 0. The molecule has 1 aromatic heterocycles. The summed E-state index contributed by atoms with van der Waals surface area (Å²) in [6.45, 7) is 0.0703. The molecule has 2 aromatic carbocycles. The minimum Gasteiger partial charge on any atom is -0.334 e. The highest BCUT2D eigenvalue weighted by molar-refractivity contribution is 5.94. The number of urea groups is 1. The number of nitro groups is 1. The van der Waals surface area contributed by atoms with Crippen molar-refractivity contribution in [2.75, 3.05) is 0 Å². The van der Waals surface area contributed by atoms with Crippen LogP contribution in [0.2, 0.25) is 0 Å². The van der Waals surface area contributed by atoms with Gasteiger partial charge in [-0.1, -0.05) is 42.5 Å². The van der Waals surface area contributed by atoms with Crippen LogP contribution in [0, 0.1) is 10.1 Å². The second kappa shape index (κ2) is 8.54. The number of non-ortho nitro benzene ring substituents is 1. The number of aromatic nitrogens is 3. The van der Waals surface area contributed by atoms with Crippen LogP contribution in [-0.2, 0) is 17.9 Å². The number of hydrogen-bond acceptors (Lipinski definition) is 6. The maximum Gasteiger partial charge on any atom is 0.321 e. The fraction of sp³-hybridized carbons (Fsp3) is 0.111. The highest BCUT2D eigenvalue weighted by atomic mass is 16.6.